The first-order valence-corrected chi connectivity index (χ1v) is 5.38. The SMILES string of the molecule is CC(c1cccc2cnc(Cl)cc12)C(F)(F)F. The van der Waals surface area contributed by atoms with Crippen molar-refractivity contribution in [2.24, 2.45) is 0 Å². The van der Waals surface area contributed by atoms with E-state index in [0.29, 0.717) is 10.8 Å². The molecular weight excluding hydrogens is 251 g/mol. The van der Waals surface area contributed by atoms with Crippen LogP contribution in [0.15, 0.2) is 30.5 Å². The van der Waals surface area contributed by atoms with Gasteiger partial charge in [0.05, 0.1) is 5.92 Å². The number of aromatic nitrogens is 1. The number of alkyl halides is 3. The van der Waals surface area contributed by atoms with E-state index in [9.17, 15) is 13.2 Å². The van der Waals surface area contributed by atoms with Crippen molar-refractivity contribution < 1.29 is 13.2 Å². The van der Waals surface area contributed by atoms with E-state index in [2.05, 4.69) is 4.98 Å². The molecule has 5 heteroatoms. The molecule has 1 aromatic heterocycles. The van der Waals surface area contributed by atoms with Gasteiger partial charge in [0, 0.05) is 11.6 Å². The predicted octanol–water partition coefficient (Wildman–Crippen LogP) is 4.55. The lowest BCUT2D eigenvalue weighted by molar-refractivity contribution is -0.146. The Balaban J connectivity index is 2.65. The van der Waals surface area contributed by atoms with Gasteiger partial charge >= 0.3 is 6.18 Å². The summed E-state index contributed by atoms with van der Waals surface area (Å²) in [6.45, 7) is 1.14. The predicted molar refractivity (Wildman–Crippen MR) is 61.2 cm³/mol. The van der Waals surface area contributed by atoms with E-state index >= 15 is 0 Å². The summed E-state index contributed by atoms with van der Waals surface area (Å²) in [6.07, 6.45) is -2.78. The number of fused-ring (bicyclic) bond motifs is 1. The minimum atomic E-state index is -4.26. The fourth-order valence-electron chi connectivity index (χ4n) is 1.72. The van der Waals surface area contributed by atoms with Crippen LogP contribution in [0.3, 0.4) is 0 Å². The van der Waals surface area contributed by atoms with Crippen LogP contribution < -0.4 is 0 Å². The van der Waals surface area contributed by atoms with E-state index < -0.39 is 12.1 Å². The Kier molecular flexibility index (Phi) is 3.00. The molecule has 0 aliphatic rings. The fraction of sp³-hybridized carbons (Fsp3) is 0.250. The average Bonchev–Trinajstić information content (AvgIpc) is 2.26. The van der Waals surface area contributed by atoms with E-state index in [1.54, 1.807) is 12.1 Å². The molecule has 0 amide bonds. The first kappa shape index (κ1) is 12.2. The van der Waals surface area contributed by atoms with Crippen molar-refractivity contribution in [2.45, 2.75) is 19.0 Å². The number of hydrogen-bond donors (Lipinski definition) is 0. The second kappa shape index (κ2) is 4.18. The standard InChI is InChI=1S/C12H9ClF3N/c1-7(12(14,15)16)9-4-2-3-8-6-17-11(13)5-10(8)9/h2-7H,1H3. The molecule has 0 aliphatic heterocycles. The molecule has 0 radical (unpaired) electrons. The van der Waals surface area contributed by atoms with Crippen molar-refractivity contribution in [3.63, 3.8) is 0 Å². The molecule has 0 spiro atoms. The van der Waals surface area contributed by atoms with Crippen LogP contribution in [0.1, 0.15) is 18.4 Å². The Labute approximate surface area is 101 Å². The zero-order chi connectivity index (χ0) is 12.6. The molecule has 90 valence electrons. The summed E-state index contributed by atoms with van der Waals surface area (Å²) in [5, 5.41) is 1.35. The lowest BCUT2D eigenvalue weighted by atomic mass is 9.95. The van der Waals surface area contributed by atoms with E-state index in [1.807, 2.05) is 0 Å². The lowest BCUT2D eigenvalue weighted by Gasteiger charge is -2.17. The molecule has 17 heavy (non-hydrogen) atoms. The maximum absolute atomic E-state index is 12.7. The fourth-order valence-corrected chi connectivity index (χ4v) is 1.88. The molecule has 0 fully saturated rings. The van der Waals surface area contributed by atoms with Crippen LogP contribution >= 0.6 is 11.6 Å². The lowest BCUT2D eigenvalue weighted by Crippen LogP contribution is -2.17. The minimum absolute atomic E-state index is 0.194. The highest BCUT2D eigenvalue weighted by Gasteiger charge is 2.37. The van der Waals surface area contributed by atoms with Gasteiger partial charge in [-0.05, 0) is 23.9 Å². The van der Waals surface area contributed by atoms with Gasteiger partial charge in [-0.3, -0.25) is 0 Å². The van der Waals surface area contributed by atoms with Crippen LogP contribution in [0.25, 0.3) is 10.8 Å². The third kappa shape index (κ3) is 2.36. The number of nitrogens with zero attached hydrogens (tertiary/aromatic N) is 1. The average molecular weight is 260 g/mol. The molecule has 1 aromatic carbocycles. The summed E-state index contributed by atoms with van der Waals surface area (Å²) in [6, 6.07) is 6.24. The summed E-state index contributed by atoms with van der Waals surface area (Å²) >= 11 is 5.72. The second-order valence-electron chi connectivity index (χ2n) is 3.84. The Morgan fingerprint density at radius 2 is 2.00 bits per heavy atom. The van der Waals surface area contributed by atoms with Gasteiger partial charge in [0.15, 0.2) is 0 Å². The Morgan fingerprint density at radius 3 is 2.65 bits per heavy atom. The maximum Gasteiger partial charge on any atom is 0.395 e. The van der Waals surface area contributed by atoms with Crippen molar-refractivity contribution in [1.29, 1.82) is 0 Å². The van der Waals surface area contributed by atoms with Crippen LogP contribution in [0.5, 0.6) is 0 Å². The Morgan fingerprint density at radius 1 is 1.29 bits per heavy atom. The van der Waals surface area contributed by atoms with E-state index in [1.165, 1.54) is 18.3 Å². The molecule has 2 aromatic rings. The van der Waals surface area contributed by atoms with Crippen LogP contribution in [-0.2, 0) is 0 Å². The monoisotopic (exact) mass is 259 g/mol. The molecule has 0 N–H and O–H groups in total. The van der Waals surface area contributed by atoms with Crippen LogP contribution in [0, 0.1) is 0 Å². The Bertz CT molecular complexity index is 551. The molecule has 0 aliphatic carbocycles. The van der Waals surface area contributed by atoms with Crippen LogP contribution in [-0.4, -0.2) is 11.2 Å². The van der Waals surface area contributed by atoms with E-state index in [4.69, 9.17) is 11.6 Å². The molecule has 0 bridgehead atoms. The third-order valence-corrected chi connectivity index (χ3v) is 2.93. The molecule has 1 unspecified atom stereocenters. The number of pyridine rings is 1. The van der Waals surface area contributed by atoms with Crippen molar-refractivity contribution in [3.05, 3.63) is 41.2 Å². The van der Waals surface area contributed by atoms with Gasteiger partial charge in [0.2, 0.25) is 0 Å². The number of halogens is 4. The third-order valence-electron chi connectivity index (χ3n) is 2.72. The zero-order valence-electron chi connectivity index (χ0n) is 8.92. The number of rotatable bonds is 1. The summed E-state index contributed by atoms with van der Waals surface area (Å²) < 4.78 is 38.1. The van der Waals surface area contributed by atoms with E-state index in [-0.39, 0.29) is 10.7 Å². The smallest absolute Gasteiger partial charge is 0.244 e. The van der Waals surface area contributed by atoms with Crippen molar-refractivity contribution >= 4 is 22.4 Å². The first-order valence-electron chi connectivity index (χ1n) is 5.00. The molecule has 1 heterocycles. The van der Waals surface area contributed by atoms with Crippen molar-refractivity contribution in [2.75, 3.05) is 0 Å². The van der Waals surface area contributed by atoms with Crippen molar-refractivity contribution in [3.8, 4) is 0 Å². The highest BCUT2D eigenvalue weighted by atomic mass is 35.5. The summed E-state index contributed by atoms with van der Waals surface area (Å²) in [7, 11) is 0. The van der Waals surface area contributed by atoms with Gasteiger partial charge in [-0.15, -0.1) is 0 Å². The summed E-state index contributed by atoms with van der Waals surface area (Å²) in [4.78, 5) is 3.85. The minimum Gasteiger partial charge on any atom is -0.244 e. The molecular formula is C12H9ClF3N. The van der Waals surface area contributed by atoms with Gasteiger partial charge in [0.1, 0.15) is 5.15 Å². The van der Waals surface area contributed by atoms with E-state index in [0.717, 1.165) is 6.92 Å². The maximum atomic E-state index is 12.7. The number of benzene rings is 1. The molecule has 0 saturated heterocycles. The van der Waals surface area contributed by atoms with Crippen LogP contribution in [0.2, 0.25) is 5.15 Å². The van der Waals surface area contributed by atoms with Gasteiger partial charge < -0.3 is 0 Å². The highest BCUT2D eigenvalue weighted by molar-refractivity contribution is 6.30. The molecule has 2 rings (SSSR count). The van der Waals surface area contributed by atoms with Gasteiger partial charge in [-0.2, -0.15) is 13.2 Å². The van der Waals surface area contributed by atoms with Crippen molar-refractivity contribution in [1.82, 2.24) is 4.98 Å². The highest BCUT2D eigenvalue weighted by Crippen LogP contribution is 2.37. The normalized spacial score (nSPS) is 13.9. The molecule has 1 atom stereocenters. The largest absolute Gasteiger partial charge is 0.395 e. The topological polar surface area (TPSA) is 12.9 Å². The van der Waals surface area contributed by atoms with Gasteiger partial charge in [-0.1, -0.05) is 29.8 Å². The number of hydrogen-bond acceptors (Lipinski definition) is 1. The summed E-state index contributed by atoms with van der Waals surface area (Å²) in [5.41, 5.74) is 0.222. The molecule has 0 saturated carbocycles. The zero-order valence-corrected chi connectivity index (χ0v) is 9.68. The molecule has 1 nitrogen and oxygen atoms in total. The quantitative estimate of drug-likeness (QED) is 0.685. The van der Waals surface area contributed by atoms with Crippen LogP contribution in [0.4, 0.5) is 13.2 Å². The first-order chi connectivity index (χ1) is 7.89. The summed E-state index contributed by atoms with van der Waals surface area (Å²) in [5.74, 6) is -1.52. The second-order valence-corrected chi connectivity index (χ2v) is 4.23. The van der Waals surface area contributed by atoms with Gasteiger partial charge in [-0.25, -0.2) is 4.98 Å². The van der Waals surface area contributed by atoms with Gasteiger partial charge in [0.25, 0.3) is 0 Å². The Hall–Kier alpha value is -1.29.